The predicted molar refractivity (Wildman–Crippen MR) is 68.7 cm³/mol. The zero-order valence-corrected chi connectivity index (χ0v) is 11.0. The van der Waals surface area contributed by atoms with E-state index in [-0.39, 0.29) is 12.0 Å². The first-order chi connectivity index (χ1) is 9.20. The zero-order valence-electron chi connectivity index (χ0n) is 11.0. The summed E-state index contributed by atoms with van der Waals surface area (Å²) < 4.78 is 12.5. The number of aromatic nitrogens is 2. The third-order valence-corrected chi connectivity index (χ3v) is 3.53. The van der Waals surface area contributed by atoms with E-state index in [4.69, 9.17) is 9.15 Å². The molecule has 0 saturated heterocycles. The number of nitrogens with zero attached hydrogens (tertiary/aromatic N) is 2. The minimum absolute atomic E-state index is 0.219. The Labute approximate surface area is 111 Å². The van der Waals surface area contributed by atoms with E-state index in [1.165, 1.54) is 7.11 Å². The molecule has 0 radical (unpaired) electrons. The summed E-state index contributed by atoms with van der Waals surface area (Å²) >= 11 is 0. The molecule has 5 heteroatoms. The standard InChI is InChI=1S/C14H16N2O3/c1-9-6-7-12(19-9)13-15-8-10-4-3-5-11(16(10)13)14(17)18-2/h6-8,11H,3-5H2,1-2H3. The molecule has 1 unspecified atom stereocenters. The van der Waals surface area contributed by atoms with E-state index in [0.29, 0.717) is 11.6 Å². The molecule has 1 aliphatic rings. The van der Waals surface area contributed by atoms with Crippen molar-refractivity contribution in [2.45, 2.75) is 32.2 Å². The maximum Gasteiger partial charge on any atom is 0.328 e. The van der Waals surface area contributed by atoms with Gasteiger partial charge in [0.2, 0.25) is 0 Å². The fraction of sp³-hybridized carbons (Fsp3) is 0.429. The van der Waals surface area contributed by atoms with Crippen molar-refractivity contribution in [1.29, 1.82) is 0 Å². The average Bonchev–Trinajstić information content (AvgIpc) is 3.03. The number of carbonyl (C=O) groups is 1. The summed E-state index contributed by atoms with van der Waals surface area (Å²) in [6, 6.07) is 3.48. The van der Waals surface area contributed by atoms with Crippen LogP contribution in [0.15, 0.2) is 22.7 Å². The highest BCUT2D eigenvalue weighted by atomic mass is 16.5. The molecule has 5 nitrogen and oxygen atoms in total. The molecular formula is C14H16N2O3. The second kappa shape index (κ2) is 4.57. The van der Waals surface area contributed by atoms with E-state index in [1.807, 2.05) is 29.8 Å². The van der Waals surface area contributed by atoms with Gasteiger partial charge in [0.25, 0.3) is 0 Å². The Kier molecular flexibility index (Phi) is 2.89. The number of methoxy groups -OCH3 is 1. The molecule has 2 aromatic rings. The topological polar surface area (TPSA) is 57.3 Å². The number of furan rings is 1. The van der Waals surface area contributed by atoms with Crippen LogP contribution < -0.4 is 0 Å². The Morgan fingerprint density at radius 3 is 3.05 bits per heavy atom. The predicted octanol–water partition coefficient (Wildman–Crippen LogP) is 2.50. The van der Waals surface area contributed by atoms with Gasteiger partial charge in [-0.2, -0.15) is 0 Å². The van der Waals surface area contributed by atoms with Crippen LogP contribution in [0.1, 0.15) is 30.3 Å². The maximum absolute atomic E-state index is 11.9. The molecule has 100 valence electrons. The third kappa shape index (κ3) is 1.95. The first-order valence-electron chi connectivity index (χ1n) is 6.41. The zero-order chi connectivity index (χ0) is 13.4. The lowest BCUT2D eigenvalue weighted by atomic mass is 10.0. The molecule has 1 aliphatic heterocycles. The Morgan fingerprint density at radius 2 is 2.37 bits per heavy atom. The molecule has 1 atom stereocenters. The SMILES string of the molecule is COC(=O)C1CCCc2cnc(-c3ccc(C)o3)n21. The fourth-order valence-corrected chi connectivity index (χ4v) is 2.63. The summed E-state index contributed by atoms with van der Waals surface area (Å²) in [7, 11) is 1.42. The highest BCUT2D eigenvalue weighted by Crippen LogP contribution is 2.32. The van der Waals surface area contributed by atoms with Gasteiger partial charge < -0.3 is 13.7 Å². The molecule has 0 aromatic carbocycles. The molecule has 3 rings (SSSR count). The lowest BCUT2D eigenvalue weighted by Crippen LogP contribution is -2.26. The summed E-state index contributed by atoms with van der Waals surface area (Å²) in [6.45, 7) is 1.89. The summed E-state index contributed by atoms with van der Waals surface area (Å²) in [6.07, 6.45) is 4.51. The third-order valence-electron chi connectivity index (χ3n) is 3.53. The van der Waals surface area contributed by atoms with Gasteiger partial charge in [0.1, 0.15) is 11.8 Å². The number of rotatable bonds is 2. The summed E-state index contributed by atoms with van der Waals surface area (Å²) in [5.74, 6) is 2.01. The summed E-state index contributed by atoms with van der Waals surface area (Å²) in [4.78, 5) is 16.3. The smallest absolute Gasteiger partial charge is 0.328 e. The molecule has 19 heavy (non-hydrogen) atoms. The van der Waals surface area contributed by atoms with Gasteiger partial charge in [0.05, 0.1) is 7.11 Å². The minimum atomic E-state index is -0.295. The van der Waals surface area contributed by atoms with Crippen LogP contribution in [-0.4, -0.2) is 22.6 Å². The molecule has 2 aromatic heterocycles. The van der Waals surface area contributed by atoms with Gasteiger partial charge in [-0.05, 0) is 38.3 Å². The van der Waals surface area contributed by atoms with Crippen LogP contribution in [0.2, 0.25) is 0 Å². The Balaban J connectivity index is 2.09. The van der Waals surface area contributed by atoms with E-state index in [0.717, 1.165) is 30.7 Å². The van der Waals surface area contributed by atoms with E-state index < -0.39 is 0 Å². The first-order valence-corrected chi connectivity index (χ1v) is 6.41. The summed E-state index contributed by atoms with van der Waals surface area (Å²) in [5.41, 5.74) is 1.06. The lowest BCUT2D eigenvalue weighted by Gasteiger charge is -2.24. The van der Waals surface area contributed by atoms with Crippen LogP contribution >= 0.6 is 0 Å². The van der Waals surface area contributed by atoms with Crippen molar-refractivity contribution in [1.82, 2.24) is 9.55 Å². The fourth-order valence-electron chi connectivity index (χ4n) is 2.63. The van der Waals surface area contributed by atoms with E-state index in [9.17, 15) is 4.79 Å². The van der Waals surface area contributed by atoms with Crippen molar-refractivity contribution in [3.05, 3.63) is 29.8 Å². The van der Waals surface area contributed by atoms with Crippen molar-refractivity contribution in [2.24, 2.45) is 0 Å². The van der Waals surface area contributed by atoms with Gasteiger partial charge in [-0.1, -0.05) is 0 Å². The maximum atomic E-state index is 11.9. The van der Waals surface area contributed by atoms with Gasteiger partial charge in [-0.15, -0.1) is 0 Å². The number of hydrogen-bond donors (Lipinski definition) is 0. The van der Waals surface area contributed by atoms with Gasteiger partial charge in [-0.3, -0.25) is 0 Å². The molecule has 0 spiro atoms. The minimum Gasteiger partial charge on any atom is -0.467 e. The van der Waals surface area contributed by atoms with Gasteiger partial charge in [-0.25, -0.2) is 9.78 Å². The molecular weight excluding hydrogens is 244 g/mol. The number of esters is 1. The van der Waals surface area contributed by atoms with Gasteiger partial charge in [0, 0.05) is 11.9 Å². The summed E-state index contributed by atoms with van der Waals surface area (Å²) in [5, 5.41) is 0. The van der Waals surface area contributed by atoms with Crippen molar-refractivity contribution < 1.29 is 13.9 Å². The molecule has 0 aliphatic carbocycles. The van der Waals surface area contributed by atoms with Crippen LogP contribution in [0.5, 0.6) is 0 Å². The molecule has 0 bridgehead atoms. The van der Waals surface area contributed by atoms with Crippen LogP contribution in [0.3, 0.4) is 0 Å². The lowest BCUT2D eigenvalue weighted by molar-refractivity contribution is -0.145. The molecule has 0 fully saturated rings. The van der Waals surface area contributed by atoms with Crippen LogP contribution in [0.25, 0.3) is 11.6 Å². The number of imidazole rings is 1. The second-order valence-electron chi connectivity index (χ2n) is 4.78. The van der Waals surface area contributed by atoms with Crippen molar-refractivity contribution >= 4 is 5.97 Å². The number of fused-ring (bicyclic) bond motifs is 1. The van der Waals surface area contributed by atoms with Crippen molar-refractivity contribution in [2.75, 3.05) is 7.11 Å². The number of carbonyl (C=O) groups excluding carboxylic acids is 1. The van der Waals surface area contributed by atoms with Crippen LogP contribution in [0.4, 0.5) is 0 Å². The Bertz CT molecular complexity index is 612. The average molecular weight is 260 g/mol. The second-order valence-corrected chi connectivity index (χ2v) is 4.78. The van der Waals surface area contributed by atoms with E-state index in [2.05, 4.69) is 4.98 Å². The number of aryl methyl sites for hydroxylation is 2. The molecule has 0 saturated carbocycles. The van der Waals surface area contributed by atoms with Crippen LogP contribution in [0, 0.1) is 6.92 Å². The quantitative estimate of drug-likeness (QED) is 0.778. The largest absolute Gasteiger partial charge is 0.467 e. The van der Waals surface area contributed by atoms with Gasteiger partial charge >= 0.3 is 5.97 Å². The van der Waals surface area contributed by atoms with E-state index in [1.54, 1.807) is 0 Å². The van der Waals surface area contributed by atoms with E-state index >= 15 is 0 Å². The van der Waals surface area contributed by atoms with Crippen LogP contribution in [-0.2, 0) is 16.0 Å². The van der Waals surface area contributed by atoms with Crippen molar-refractivity contribution in [3.8, 4) is 11.6 Å². The highest BCUT2D eigenvalue weighted by Gasteiger charge is 2.30. The van der Waals surface area contributed by atoms with Gasteiger partial charge in [0.15, 0.2) is 11.6 Å². The number of hydrogen-bond acceptors (Lipinski definition) is 4. The molecule has 3 heterocycles. The molecule has 0 N–H and O–H groups in total. The Hall–Kier alpha value is -2.04. The highest BCUT2D eigenvalue weighted by molar-refractivity contribution is 5.75. The monoisotopic (exact) mass is 260 g/mol. The van der Waals surface area contributed by atoms with Crippen molar-refractivity contribution in [3.63, 3.8) is 0 Å². The molecule has 0 amide bonds. The first kappa shape index (κ1) is 12.0. The normalized spacial score (nSPS) is 18.1. The number of ether oxygens (including phenoxy) is 1. The Morgan fingerprint density at radius 1 is 1.53 bits per heavy atom.